The number of carbonyl (C=O) groups excluding carboxylic acids is 1. The number of hydrogen-bond donors (Lipinski definition) is 1. The molecule has 0 radical (unpaired) electrons. The number of nitrogens with one attached hydrogen (secondary N) is 1. The SMILES string of the molecule is Cc1ccc([C@H]2CCCN2C(=O)NCCc2cnn(C)c2)cc1C. The molecule has 128 valence electrons. The Labute approximate surface area is 143 Å². The molecule has 1 fully saturated rings. The number of likely N-dealkylation sites (tertiary alicyclic amines) is 1. The Morgan fingerprint density at radius 3 is 2.88 bits per heavy atom. The van der Waals surface area contributed by atoms with Crippen molar-refractivity contribution in [1.29, 1.82) is 0 Å². The van der Waals surface area contributed by atoms with Crippen molar-refractivity contribution in [3.05, 3.63) is 52.8 Å². The first-order chi connectivity index (χ1) is 11.5. The van der Waals surface area contributed by atoms with Gasteiger partial charge >= 0.3 is 6.03 Å². The van der Waals surface area contributed by atoms with Gasteiger partial charge in [0.2, 0.25) is 0 Å². The van der Waals surface area contributed by atoms with Crippen molar-refractivity contribution in [2.45, 2.75) is 39.2 Å². The Bertz CT molecular complexity index is 722. The average molecular weight is 326 g/mol. The highest BCUT2D eigenvalue weighted by molar-refractivity contribution is 5.75. The van der Waals surface area contributed by atoms with Gasteiger partial charge in [0.1, 0.15) is 0 Å². The molecular formula is C19H26N4O. The van der Waals surface area contributed by atoms with E-state index in [0.717, 1.165) is 31.4 Å². The molecule has 0 unspecified atom stereocenters. The highest BCUT2D eigenvalue weighted by Crippen LogP contribution is 2.32. The average Bonchev–Trinajstić information content (AvgIpc) is 3.19. The van der Waals surface area contributed by atoms with Crippen LogP contribution < -0.4 is 5.32 Å². The van der Waals surface area contributed by atoms with Gasteiger partial charge in [-0.1, -0.05) is 18.2 Å². The Kier molecular flexibility index (Phi) is 4.88. The van der Waals surface area contributed by atoms with Gasteiger partial charge in [-0.3, -0.25) is 4.68 Å². The Hall–Kier alpha value is -2.30. The van der Waals surface area contributed by atoms with E-state index in [0.29, 0.717) is 6.54 Å². The van der Waals surface area contributed by atoms with Crippen molar-refractivity contribution >= 4 is 6.03 Å². The third-order valence-corrected chi connectivity index (χ3v) is 4.88. The van der Waals surface area contributed by atoms with Crippen LogP contribution in [0.15, 0.2) is 30.6 Å². The van der Waals surface area contributed by atoms with Crippen LogP contribution in [0.4, 0.5) is 4.79 Å². The molecule has 24 heavy (non-hydrogen) atoms. The van der Waals surface area contributed by atoms with E-state index in [4.69, 9.17) is 0 Å². The highest BCUT2D eigenvalue weighted by atomic mass is 16.2. The first-order valence-electron chi connectivity index (χ1n) is 8.64. The molecule has 5 nitrogen and oxygen atoms in total. The third kappa shape index (κ3) is 3.61. The molecule has 1 aliphatic rings. The summed E-state index contributed by atoms with van der Waals surface area (Å²) in [5.74, 6) is 0. The fourth-order valence-electron chi connectivity index (χ4n) is 3.34. The lowest BCUT2D eigenvalue weighted by atomic mass is 9.99. The predicted octanol–water partition coefficient (Wildman–Crippen LogP) is 3.13. The van der Waals surface area contributed by atoms with Crippen LogP contribution in [0.1, 0.15) is 41.1 Å². The van der Waals surface area contributed by atoms with Crippen LogP contribution in [-0.2, 0) is 13.5 Å². The molecule has 0 bridgehead atoms. The molecule has 2 amide bonds. The van der Waals surface area contributed by atoms with Crippen LogP contribution in [-0.4, -0.2) is 33.8 Å². The lowest BCUT2D eigenvalue weighted by Gasteiger charge is -2.26. The lowest BCUT2D eigenvalue weighted by Crippen LogP contribution is -2.40. The molecule has 0 saturated carbocycles. The predicted molar refractivity (Wildman–Crippen MR) is 94.9 cm³/mol. The number of hydrogen-bond acceptors (Lipinski definition) is 2. The van der Waals surface area contributed by atoms with Gasteiger partial charge in [-0.25, -0.2) is 4.79 Å². The minimum absolute atomic E-state index is 0.0413. The summed E-state index contributed by atoms with van der Waals surface area (Å²) in [7, 11) is 1.90. The summed E-state index contributed by atoms with van der Waals surface area (Å²) in [5.41, 5.74) is 4.98. The van der Waals surface area contributed by atoms with E-state index in [1.165, 1.54) is 16.7 Å². The second kappa shape index (κ2) is 7.07. The Morgan fingerprint density at radius 2 is 2.17 bits per heavy atom. The van der Waals surface area contributed by atoms with Crippen molar-refractivity contribution in [3.8, 4) is 0 Å². The zero-order valence-electron chi connectivity index (χ0n) is 14.7. The maximum atomic E-state index is 12.6. The number of aromatic nitrogens is 2. The molecule has 2 heterocycles. The van der Waals surface area contributed by atoms with Crippen molar-refractivity contribution in [3.63, 3.8) is 0 Å². The Morgan fingerprint density at radius 1 is 1.33 bits per heavy atom. The van der Waals surface area contributed by atoms with Gasteiger partial charge in [0.25, 0.3) is 0 Å². The summed E-state index contributed by atoms with van der Waals surface area (Å²) in [6.45, 7) is 5.72. The van der Waals surface area contributed by atoms with E-state index in [1.54, 1.807) is 4.68 Å². The monoisotopic (exact) mass is 326 g/mol. The second-order valence-corrected chi connectivity index (χ2v) is 6.70. The minimum Gasteiger partial charge on any atom is -0.338 e. The van der Waals surface area contributed by atoms with Gasteiger partial charge in [0.15, 0.2) is 0 Å². The summed E-state index contributed by atoms with van der Waals surface area (Å²) >= 11 is 0. The summed E-state index contributed by atoms with van der Waals surface area (Å²) in [4.78, 5) is 14.5. The van der Waals surface area contributed by atoms with E-state index < -0.39 is 0 Å². The maximum absolute atomic E-state index is 12.6. The largest absolute Gasteiger partial charge is 0.338 e. The zero-order chi connectivity index (χ0) is 17.1. The summed E-state index contributed by atoms with van der Waals surface area (Å²) in [6, 6.07) is 6.78. The number of nitrogens with zero attached hydrogens (tertiary/aromatic N) is 3. The van der Waals surface area contributed by atoms with E-state index in [2.05, 4.69) is 42.5 Å². The molecule has 0 aliphatic carbocycles. The first-order valence-corrected chi connectivity index (χ1v) is 8.64. The van der Waals surface area contributed by atoms with Gasteiger partial charge < -0.3 is 10.2 Å². The van der Waals surface area contributed by atoms with Crippen LogP contribution in [0.25, 0.3) is 0 Å². The third-order valence-electron chi connectivity index (χ3n) is 4.88. The number of urea groups is 1. The van der Waals surface area contributed by atoms with E-state index in [-0.39, 0.29) is 12.1 Å². The summed E-state index contributed by atoms with van der Waals surface area (Å²) in [6.07, 6.45) is 6.74. The van der Waals surface area contributed by atoms with Gasteiger partial charge in [-0.15, -0.1) is 0 Å². The van der Waals surface area contributed by atoms with Crippen molar-refractivity contribution in [1.82, 2.24) is 20.0 Å². The maximum Gasteiger partial charge on any atom is 0.317 e. The minimum atomic E-state index is 0.0413. The molecule has 2 aromatic rings. The van der Waals surface area contributed by atoms with Crippen LogP contribution in [0.5, 0.6) is 0 Å². The fraction of sp³-hybridized carbons (Fsp3) is 0.474. The van der Waals surface area contributed by atoms with Crippen molar-refractivity contribution in [2.24, 2.45) is 7.05 Å². The first kappa shape index (κ1) is 16.6. The van der Waals surface area contributed by atoms with E-state index in [1.807, 2.05) is 24.3 Å². The standard InChI is InChI=1S/C19H26N4O/c1-14-6-7-17(11-15(14)2)18-5-4-10-23(18)19(24)20-9-8-16-12-21-22(3)13-16/h6-7,11-13,18H,4-5,8-10H2,1-3H3,(H,20,24)/t18-/m1/s1. The molecule has 1 aromatic carbocycles. The van der Waals surface area contributed by atoms with Crippen molar-refractivity contribution in [2.75, 3.05) is 13.1 Å². The summed E-state index contributed by atoms with van der Waals surface area (Å²) < 4.78 is 1.79. The number of rotatable bonds is 4. The normalized spacial score (nSPS) is 17.3. The number of amides is 2. The van der Waals surface area contributed by atoms with Crippen LogP contribution in [0.2, 0.25) is 0 Å². The molecular weight excluding hydrogens is 300 g/mol. The lowest BCUT2D eigenvalue weighted by molar-refractivity contribution is 0.193. The summed E-state index contributed by atoms with van der Waals surface area (Å²) in [5, 5.41) is 7.21. The molecule has 1 aromatic heterocycles. The van der Waals surface area contributed by atoms with Gasteiger partial charge in [-0.05, 0) is 55.4 Å². The fourth-order valence-corrected chi connectivity index (χ4v) is 3.34. The quantitative estimate of drug-likeness (QED) is 0.938. The smallest absolute Gasteiger partial charge is 0.317 e. The number of aryl methyl sites for hydroxylation is 3. The molecule has 5 heteroatoms. The molecule has 0 spiro atoms. The molecule has 1 N–H and O–H groups in total. The molecule has 1 saturated heterocycles. The van der Waals surface area contributed by atoms with Gasteiger partial charge in [0.05, 0.1) is 12.2 Å². The topological polar surface area (TPSA) is 50.2 Å². The van der Waals surface area contributed by atoms with E-state index in [9.17, 15) is 4.79 Å². The molecule has 3 rings (SSSR count). The van der Waals surface area contributed by atoms with Crippen LogP contribution in [0.3, 0.4) is 0 Å². The van der Waals surface area contributed by atoms with Crippen molar-refractivity contribution < 1.29 is 4.79 Å². The molecule has 1 atom stereocenters. The Balaban J connectivity index is 1.59. The van der Waals surface area contributed by atoms with Gasteiger partial charge in [0, 0.05) is 26.3 Å². The van der Waals surface area contributed by atoms with Crippen LogP contribution >= 0.6 is 0 Å². The van der Waals surface area contributed by atoms with E-state index >= 15 is 0 Å². The molecule has 1 aliphatic heterocycles. The number of benzene rings is 1. The van der Waals surface area contributed by atoms with Crippen LogP contribution in [0, 0.1) is 13.8 Å². The highest BCUT2D eigenvalue weighted by Gasteiger charge is 2.29. The zero-order valence-corrected chi connectivity index (χ0v) is 14.7. The number of carbonyl (C=O) groups is 1. The second-order valence-electron chi connectivity index (χ2n) is 6.70. The van der Waals surface area contributed by atoms with Gasteiger partial charge in [-0.2, -0.15) is 5.10 Å².